The Hall–Kier alpha value is -2.49. The highest BCUT2D eigenvalue weighted by Crippen LogP contribution is 2.26. The molecule has 2 aromatic carbocycles. The summed E-state index contributed by atoms with van der Waals surface area (Å²) in [5.41, 5.74) is 1.30. The minimum Gasteiger partial charge on any atom is -0.497 e. The standard InChI is InChI=1S/C20H24O4/c1-20(2,3)24-19(21)13-16-12-17(22-4)10-11-18(16)23-14-15-8-6-5-7-9-15/h5-12H,13-14H2,1-4H3. The maximum atomic E-state index is 12.1. The monoisotopic (exact) mass is 328 g/mol. The Morgan fingerprint density at radius 3 is 2.38 bits per heavy atom. The van der Waals surface area contributed by atoms with E-state index in [1.54, 1.807) is 7.11 Å². The van der Waals surface area contributed by atoms with Gasteiger partial charge in [-0.15, -0.1) is 0 Å². The molecule has 0 bridgehead atoms. The Morgan fingerprint density at radius 1 is 1.04 bits per heavy atom. The van der Waals surface area contributed by atoms with Crippen molar-refractivity contribution >= 4 is 5.97 Å². The Labute approximate surface area is 143 Å². The van der Waals surface area contributed by atoms with Crippen molar-refractivity contribution in [3.63, 3.8) is 0 Å². The first kappa shape index (κ1) is 17.9. The van der Waals surface area contributed by atoms with Crippen LogP contribution in [0.25, 0.3) is 0 Å². The van der Waals surface area contributed by atoms with E-state index in [1.165, 1.54) is 0 Å². The van der Waals surface area contributed by atoms with Gasteiger partial charge in [-0.05, 0) is 44.5 Å². The van der Waals surface area contributed by atoms with Crippen LogP contribution in [0.3, 0.4) is 0 Å². The van der Waals surface area contributed by atoms with Gasteiger partial charge in [0, 0.05) is 5.56 Å². The maximum absolute atomic E-state index is 12.1. The summed E-state index contributed by atoms with van der Waals surface area (Å²) in [6, 6.07) is 15.3. The molecule has 0 aliphatic rings. The molecular weight excluding hydrogens is 304 g/mol. The molecule has 0 atom stereocenters. The minimum atomic E-state index is -0.513. The molecule has 24 heavy (non-hydrogen) atoms. The summed E-state index contributed by atoms with van der Waals surface area (Å²) in [5, 5.41) is 0. The first-order valence-corrected chi connectivity index (χ1v) is 7.93. The fourth-order valence-corrected chi connectivity index (χ4v) is 2.23. The normalized spacial score (nSPS) is 11.0. The molecule has 2 rings (SSSR count). The molecule has 0 heterocycles. The van der Waals surface area contributed by atoms with Crippen LogP contribution in [-0.2, 0) is 22.6 Å². The molecule has 0 N–H and O–H groups in total. The largest absolute Gasteiger partial charge is 0.497 e. The summed E-state index contributed by atoms with van der Waals surface area (Å²) in [6.07, 6.45) is 0.137. The van der Waals surface area contributed by atoms with Crippen molar-refractivity contribution < 1.29 is 19.0 Å². The number of hydrogen-bond donors (Lipinski definition) is 0. The number of carbonyl (C=O) groups is 1. The van der Waals surface area contributed by atoms with Gasteiger partial charge >= 0.3 is 5.97 Å². The molecule has 0 unspecified atom stereocenters. The zero-order valence-electron chi connectivity index (χ0n) is 14.7. The van der Waals surface area contributed by atoms with E-state index in [9.17, 15) is 4.79 Å². The van der Waals surface area contributed by atoms with Crippen molar-refractivity contribution in [3.8, 4) is 11.5 Å². The molecule has 0 radical (unpaired) electrons. The summed E-state index contributed by atoms with van der Waals surface area (Å²) >= 11 is 0. The minimum absolute atomic E-state index is 0.137. The summed E-state index contributed by atoms with van der Waals surface area (Å²) in [6.45, 7) is 5.99. The molecule has 0 aliphatic heterocycles. The summed E-state index contributed by atoms with van der Waals surface area (Å²) in [4.78, 5) is 12.1. The number of esters is 1. The second-order valence-electron chi connectivity index (χ2n) is 6.51. The lowest BCUT2D eigenvalue weighted by molar-refractivity contribution is -0.153. The molecule has 128 valence electrons. The maximum Gasteiger partial charge on any atom is 0.310 e. The van der Waals surface area contributed by atoms with Crippen molar-refractivity contribution in [2.75, 3.05) is 7.11 Å². The van der Waals surface area contributed by atoms with E-state index < -0.39 is 5.60 Å². The van der Waals surface area contributed by atoms with Gasteiger partial charge in [0.2, 0.25) is 0 Å². The van der Waals surface area contributed by atoms with E-state index in [0.29, 0.717) is 18.1 Å². The smallest absolute Gasteiger partial charge is 0.310 e. The molecule has 4 heteroatoms. The highest BCUT2D eigenvalue weighted by Gasteiger charge is 2.18. The molecule has 0 saturated carbocycles. The Kier molecular flexibility index (Phi) is 5.85. The van der Waals surface area contributed by atoms with Gasteiger partial charge < -0.3 is 14.2 Å². The quantitative estimate of drug-likeness (QED) is 0.747. The Balaban J connectivity index is 2.13. The molecular formula is C20H24O4. The van der Waals surface area contributed by atoms with E-state index in [-0.39, 0.29) is 12.4 Å². The average molecular weight is 328 g/mol. The van der Waals surface area contributed by atoms with Crippen LogP contribution in [0.15, 0.2) is 48.5 Å². The predicted octanol–water partition coefficient (Wildman–Crippen LogP) is 4.16. The summed E-state index contributed by atoms with van der Waals surface area (Å²) in [5.74, 6) is 1.05. The molecule has 0 saturated heterocycles. The van der Waals surface area contributed by atoms with Gasteiger partial charge in [-0.2, -0.15) is 0 Å². The van der Waals surface area contributed by atoms with Crippen molar-refractivity contribution in [1.82, 2.24) is 0 Å². The Morgan fingerprint density at radius 2 is 1.75 bits per heavy atom. The van der Waals surface area contributed by atoms with Gasteiger partial charge in [-0.1, -0.05) is 30.3 Å². The van der Waals surface area contributed by atoms with E-state index in [1.807, 2.05) is 69.3 Å². The lowest BCUT2D eigenvalue weighted by Gasteiger charge is -2.20. The molecule has 4 nitrogen and oxygen atoms in total. The Bertz CT molecular complexity index is 672. The summed E-state index contributed by atoms with van der Waals surface area (Å²) in [7, 11) is 1.59. The second kappa shape index (κ2) is 7.86. The number of benzene rings is 2. The van der Waals surface area contributed by atoms with Crippen molar-refractivity contribution in [2.45, 2.75) is 39.4 Å². The van der Waals surface area contributed by atoms with Crippen LogP contribution in [0.1, 0.15) is 31.9 Å². The van der Waals surface area contributed by atoms with Gasteiger partial charge in [0.15, 0.2) is 0 Å². The highest BCUT2D eigenvalue weighted by molar-refractivity contribution is 5.74. The third-order valence-corrected chi connectivity index (χ3v) is 3.26. The third kappa shape index (κ3) is 5.61. The van der Waals surface area contributed by atoms with Crippen molar-refractivity contribution in [3.05, 3.63) is 59.7 Å². The zero-order valence-corrected chi connectivity index (χ0v) is 14.7. The number of rotatable bonds is 6. The number of carbonyl (C=O) groups excluding carboxylic acids is 1. The first-order chi connectivity index (χ1) is 11.4. The van der Waals surface area contributed by atoms with Crippen LogP contribution < -0.4 is 9.47 Å². The third-order valence-electron chi connectivity index (χ3n) is 3.26. The van der Waals surface area contributed by atoms with Crippen LogP contribution >= 0.6 is 0 Å². The first-order valence-electron chi connectivity index (χ1n) is 7.93. The number of methoxy groups -OCH3 is 1. The molecule has 0 fully saturated rings. The zero-order chi connectivity index (χ0) is 17.6. The molecule has 0 amide bonds. The van der Waals surface area contributed by atoms with Gasteiger partial charge in [0.05, 0.1) is 13.5 Å². The number of hydrogen-bond acceptors (Lipinski definition) is 4. The second-order valence-corrected chi connectivity index (χ2v) is 6.51. The van der Waals surface area contributed by atoms with Crippen LogP contribution in [0.2, 0.25) is 0 Å². The topological polar surface area (TPSA) is 44.8 Å². The van der Waals surface area contributed by atoms with E-state index >= 15 is 0 Å². The van der Waals surface area contributed by atoms with Crippen molar-refractivity contribution in [2.24, 2.45) is 0 Å². The van der Waals surface area contributed by atoms with E-state index in [0.717, 1.165) is 11.1 Å². The average Bonchev–Trinajstić information content (AvgIpc) is 2.52. The fourth-order valence-electron chi connectivity index (χ4n) is 2.23. The van der Waals surface area contributed by atoms with Crippen LogP contribution in [0, 0.1) is 0 Å². The van der Waals surface area contributed by atoms with Crippen LogP contribution in [0.5, 0.6) is 11.5 Å². The van der Waals surface area contributed by atoms with E-state index in [2.05, 4.69) is 0 Å². The van der Waals surface area contributed by atoms with Crippen molar-refractivity contribution in [1.29, 1.82) is 0 Å². The van der Waals surface area contributed by atoms with Crippen LogP contribution in [0.4, 0.5) is 0 Å². The van der Waals surface area contributed by atoms with Gasteiger partial charge in [0.1, 0.15) is 23.7 Å². The van der Waals surface area contributed by atoms with Gasteiger partial charge in [-0.3, -0.25) is 4.79 Å². The predicted molar refractivity (Wildman–Crippen MR) is 93.3 cm³/mol. The van der Waals surface area contributed by atoms with Gasteiger partial charge in [0.25, 0.3) is 0 Å². The highest BCUT2D eigenvalue weighted by atomic mass is 16.6. The molecule has 2 aromatic rings. The molecule has 0 aromatic heterocycles. The lowest BCUT2D eigenvalue weighted by atomic mass is 10.1. The molecule has 0 spiro atoms. The molecule has 0 aliphatic carbocycles. The SMILES string of the molecule is COc1ccc(OCc2ccccc2)c(CC(=O)OC(C)(C)C)c1. The van der Waals surface area contributed by atoms with Gasteiger partial charge in [-0.25, -0.2) is 0 Å². The lowest BCUT2D eigenvalue weighted by Crippen LogP contribution is -2.25. The fraction of sp³-hybridized carbons (Fsp3) is 0.350. The number of ether oxygens (including phenoxy) is 3. The van der Waals surface area contributed by atoms with Crippen LogP contribution in [-0.4, -0.2) is 18.7 Å². The summed E-state index contributed by atoms with van der Waals surface area (Å²) < 4.78 is 16.5. The van der Waals surface area contributed by atoms with E-state index in [4.69, 9.17) is 14.2 Å².